The Morgan fingerprint density at radius 1 is 1.32 bits per heavy atom. The fourth-order valence-electron chi connectivity index (χ4n) is 1.82. The lowest BCUT2D eigenvalue weighted by molar-refractivity contribution is -0.141. The molecule has 1 heterocycles. The number of unbranched alkanes of at least 4 members (excludes halogenated alkanes) is 1. The molecule has 0 amide bonds. The van der Waals surface area contributed by atoms with Crippen LogP contribution in [0, 0.1) is 0 Å². The van der Waals surface area contributed by atoms with Crippen LogP contribution in [0.1, 0.15) is 47.1 Å². The summed E-state index contributed by atoms with van der Waals surface area (Å²) in [6.07, 6.45) is -2.17. The van der Waals surface area contributed by atoms with Gasteiger partial charge < -0.3 is 9.64 Å². The summed E-state index contributed by atoms with van der Waals surface area (Å²) in [4.78, 5) is 16.8. The first-order valence-electron chi connectivity index (χ1n) is 7.22. The molecule has 1 rings (SSSR count). The van der Waals surface area contributed by atoms with Crippen molar-refractivity contribution in [3.05, 3.63) is 15.6 Å². The second kappa shape index (κ2) is 8.47. The highest BCUT2D eigenvalue weighted by molar-refractivity contribution is 7.13. The van der Waals surface area contributed by atoms with Crippen molar-refractivity contribution in [1.29, 1.82) is 0 Å². The third-order valence-corrected chi connectivity index (χ3v) is 4.10. The second-order valence-corrected chi connectivity index (χ2v) is 5.99. The maximum Gasteiger partial charge on any atom is 0.435 e. The molecule has 0 radical (unpaired) electrons. The standard InChI is InChI=1S/C14H21F3N2O2S/c1-4-6-8-19(3)9-7-10-18-12(14(15,16)17)11(22-10)13(20)21-5-2/h4-9H2,1-3H3. The summed E-state index contributed by atoms with van der Waals surface area (Å²) in [5, 5.41) is 0.304. The van der Waals surface area contributed by atoms with E-state index in [0.29, 0.717) is 18.0 Å². The Morgan fingerprint density at radius 3 is 2.55 bits per heavy atom. The van der Waals surface area contributed by atoms with Crippen LogP contribution in [-0.2, 0) is 17.3 Å². The summed E-state index contributed by atoms with van der Waals surface area (Å²) in [6.45, 7) is 5.15. The number of carbonyl (C=O) groups is 1. The van der Waals surface area contributed by atoms with Gasteiger partial charge in [-0.3, -0.25) is 0 Å². The van der Waals surface area contributed by atoms with Crippen LogP contribution >= 0.6 is 11.3 Å². The van der Waals surface area contributed by atoms with E-state index in [0.717, 1.165) is 30.7 Å². The van der Waals surface area contributed by atoms with Gasteiger partial charge in [-0.2, -0.15) is 13.2 Å². The maximum absolute atomic E-state index is 13.0. The summed E-state index contributed by atoms with van der Waals surface area (Å²) in [5.41, 5.74) is -1.14. The number of ether oxygens (including phenoxy) is 1. The quantitative estimate of drug-likeness (QED) is 0.679. The fourth-order valence-corrected chi connectivity index (χ4v) is 2.79. The molecular formula is C14H21F3N2O2S. The molecule has 126 valence electrons. The lowest BCUT2D eigenvalue weighted by Crippen LogP contribution is -2.22. The van der Waals surface area contributed by atoms with E-state index in [4.69, 9.17) is 0 Å². The topological polar surface area (TPSA) is 42.4 Å². The van der Waals surface area contributed by atoms with Gasteiger partial charge in [-0.1, -0.05) is 13.3 Å². The predicted octanol–water partition coefficient (Wildman–Crippen LogP) is 3.61. The van der Waals surface area contributed by atoms with Gasteiger partial charge in [0.1, 0.15) is 4.88 Å². The zero-order valence-electron chi connectivity index (χ0n) is 13.0. The summed E-state index contributed by atoms with van der Waals surface area (Å²) in [7, 11) is 1.92. The number of halogens is 3. The summed E-state index contributed by atoms with van der Waals surface area (Å²) in [6, 6.07) is 0. The number of esters is 1. The second-order valence-electron chi connectivity index (χ2n) is 4.91. The number of likely N-dealkylation sites (N-methyl/N-ethyl adjacent to an activating group) is 1. The zero-order chi connectivity index (χ0) is 16.8. The van der Waals surface area contributed by atoms with Gasteiger partial charge in [0.2, 0.25) is 0 Å². The molecule has 0 saturated heterocycles. The van der Waals surface area contributed by atoms with Crippen LogP contribution in [-0.4, -0.2) is 42.6 Å². The molecule has 0 aliphatic heterocycles. The maximum atomic E-state index is 13.0. The number of carbonyl (C=O) groups excluding carboxylic acids is 1. The van der Waals surface area contributed by atoms with Crippen molar-refractivity contribution in [2.75, 3.05) is 26.7 Å². The first kappa shape index (κ1) is 18.9. The summed E-state index contributed by atoms with van der Waals surface area (Å²) >= 11 is 0.768. The van der Waals surface area contributed by atoms with Crippen LogP contribution in [0.2, 0.25) is 0 Å². The van der Waals surface area contributed by atoms with Gasteiger partial charge in [0.25, 0.3) is 0 Å². The van der Waals surface area contributed by atoms with E-state index in [1.165, 1.54) is 0 Å². The molecule has 0 aromatic carbocycles. The molecule has 8 heteroatoms. The molecule has 0 N–H and O–H groups in total. The third-order valence-electron chi connectivity index (χ3n) is 3.00. The summed E-state index contributed by atoms with van der Waals surface area (Å²) in [5.74, 6) is -0.960. The van der Waals surface area contributed by atoms with Crippen LogP contribution in [0.15, 0.2) is 0 Å². The minimum Gasteiger partial charge on any atom is -0.462 e. The van der Waals surface area contributed by atoms with Gasteiger partial charge in [0.15, 0.2) is 5.69 Å². The van der Waals surface area contributed by atoms with Crippen molar-refractivity contribution in [2.24, 2.45) is 0 Å². The zero-order valence-corrected chi connectivity index (χ0v) is 13.8. The molecule has 22 heavy (non-hydrogen) atoms. The number of rotatable bonds is 8. The van der Waals surface area contributed by atoms with E-state index < -0.39 is 22.7 Å². The number of alkyl halides is 3. The van der Waals surface area contributed by atoms with E-state index in [2.05, 4.69) is 16.6 Å². The molecule has 0 fully saturated rings. The highest BCUT2D eigenvalue weighted by Crippen LogP contribution is 2.35. The molecule has 0 aliphatic rings. The van der Waals surface area contributed by atoms with Crippen molar-refractivity contribution in [3.8, 4) is 0 Å². The molecule has 0 spiro atoms. The molecule has 0 saturated carbocycles. The predicted molar refractivity (Wildman–Crippen MR) is 79.2 cm³/mol. The molecule has 1 aromatic heterocycles. The number of hydrogen-bond acceptors (Lipinski definition) is 5. The largest absolute Gasteiger partial charge is 0.462 e. The van der Waals surface area contributed by atoms with E-state index in [1.807, 2.05) is 11.9 Å². The van der Waals surface area contributed by atoms with Crippen LogP contribution in [0.4, 0.5) is 13.2 Å². The van der Waals surface area contributed by atoms with Crippen molar-refractivity contribution in [2.45, 2.75) is 39.3 Å². The number of aromatic nitrogens is 1. The van der Waals surface area contributed by atoms with E-state index in [1.54, 1.807) is 6.92 Å². The smallest absolute Gasteiger partial charge is 0.435 e. The van der Waals surface area contributed by atoms with Gasteiger partial charge in [-0.05, 0) is 26.9 Å². The molecule has 1 aromatic rings. The van der Waals surface area contributed by atoms with Gasteiger partial charge in [0.05, 0.1) is 11.6 Å². The molecule has 0 bridgehead atoms. The number of hydrogen-bond donors (Lipinski definition) is 0. The Bertz CT molecular complexity index is 489. The molecule has 0 unspecified atom stereocenters. The highest BCUT2D eigenvalue weighted by atomic mass is 32.1. The lowest BCUT2D eigenvalue weighted by atomic mass is 10.3. The molecule has 0 atom stereocenters. The van der Waals surface area contributed by atoms with Gasteiger partial charge >= 0.3 is 12.1 Å². The van der Waals surface area contributed by atoms with Gasteiger partial charge in [-0.15, -0.1) is 11.3 Å². The van der Waals surface area contributed by atoms with E-state index in [-0.39, 0.29) is 6.61 Å². The SMILES string of the molecule is CCCCN(C)CCc1nc(C(F)(F)F)c(C(=O)OCC)s1. The van der Waals surface area contributed by atoms with Crippen LogP contribution in [0.3, 0.4) is 0 Å². The average molecular weight is 338 g/mol. The van der Waals surface area contributed by atoms with Crippen LogP contribution < -0.4 is 0 Å². The fraction of sp³-hybridized carbons (Fsp3) is 0.714. The van der Waals surface area contributed by atoms with Gasteiger partial charge in [0, 0.05) is 13.0 Å². The number of nitrogens with zero attached hydrogens (tertiary/aromatic N) is 2. The third kappa shape index (κ3) is 5.57. The monoisotopic (exact) mass is 338 g/mol. The Kier molecular flexibility index (Phi) is 7.28. The Balaban J connectivity index is 2.82. The van der Waals surface area contributed by atoms with E-state index >= 15 is 0 Å². The van der Waals surface area contributed by atoms with Gasteiger partial charge in [-0.25, -0.2) is 9.78 Å². The Morgan fingerprint density at radius 2 is 2.00 bits per heavy atom. The molecule has 4 nitrogen and oxygen atoms in total. The first-order valence-corrected chi connectivity index (χ1v) is 8.03. The van der Waals surface area contributed by atoms with Crippen molar-refractivity contribution in [1.82, 2.24) is 9.88 Å². The lowest BCUT2D eigenvalue weighted by Gasteiger charge is -2.14. The van der Waals surface area contributed by atoms with Crippen LogP contribution in [0.5, 0.6) is 0 Å². The highest BCUT2D eigenvalue weighted by Gasteiger charge is 2.40. The van der Waals surface area contributed by atoms with Crippen molar-refractivity contribution in [3.63, 3.8) is 0 Å². The molecule has 0 aliphatic carbocycles. The first-order chi connectivity index (χ1) is 10.3. The Hall–Kier alpha value is -1.15. The number of thiazole rings is 1. The van der Waals surface area contributed by atoms with E-state index in [9.17, 15) is 18.0 Å². The summed E-state index contributed by atoms with van der Waals surface area (Å²) < 4.78 is 43.5. The minimum absolute atomic E-state index is 0.0309. The normalized spacial score (nSPS) is 12.0. The molecular weight excluding hydrogens is 317 g/mol. The van der Waals surface area contributed by atoms with Crippen molar-refractivity contribution >= 4 is 17.3 Å². The van der Waals surface area contributed by atoms with Crippen LogP contribution in [0.25, 0.3) is 0 Å². The average Bonchev–Trinajstić information content (AvgIpc) is 2.87. The Labute approximate surface area is 132 Å². The minimum atomic E-state index is -4.65. The van der Waals surface area contributed by atoms with Crippen molar-refractivity contribution < 1.29 is 22.7 Å².